The van der Waals surface area contributed by atoms with E-state index in [0.717, 1.165) is 19.5 Å². The second kappa shape index (κ2) is 8.64. The van der Waals surface area contributed by atoms with Crippen molar-refractivity contribution in [1.82, 2.24) is 10.3 Å². The van der Waals surface area contributed by atoms with Crippen LogP contribution in [0.5, 0.6) is 5.75 Å². The Morgan fingerprint density at radius 1 is 1.26 bits per heavy atom. The lowest BCUT2D eigenvalue weighted by molar-refractivity contribution is 0.0977. The van der Waals surface area contributed by atoms with Crippen LogP contribution in [0.25, 0.3) is 0 Å². The molecule has 0 aliphatic heterocycles. The van der Waals surface area contributed by atoms with Crippen LogP contribution < -0.4 is 15.8 Å². The minimum Gasteiger partial charge on any atom is -0.484 e. The zero-order chi connectivity index (χ0) is 19.1. The van der Waals surface area contributed by atoms with Crippen molar-refractivity contribution < 1.29 is 9.53 Å². The Morgan fingerprint density at radius 3 is 2.85 bits per heavy atom. The first kappa shape index (κ1) is 18.9. The third-order valence-electron chi connectivity index (χ3n) is 4.84. The Morgan fingerprint density at radius 2 is 2.07 bits per heavy atom. The number of nitrogens with one attached hydrogen (secondary N) is 1. The summed E-state index contributed by atoms with van der Waals surface area (Å²) in [4.78, 5) is 15.6. The predicted molar refractivity (Wildman–Crippen MR) is 106 cm³/mol. The molecule has 3 rings (SSSR count). The van der Waals surface area contributed by atoms with E-state index in [1.54, 1.807) is 12.3 Å². The van der Waals surface area contributed by atoms with Gasteiger partial charge in [-0.3, -0.25) is 9.78 Å². The fourth-order valence-electron chi connectivity index (χ4n) is 3.15. The number of hydrogen-bond acceptors (Lipinski definition) is 4. The number of aromatic nitrogens is 1. The molecule has 140 valence electrons. The van der Waals surface area contributed by atoms with E-state index in [9.17, 15) is 4.79 Å². The van der Waals surface area contributed by atoms with Gasteiger partial charge in [-0.05, 0) is 30.7 Å². The Hall–Kier alpha value is -2.92. The molecule has 1 aromatic heterocycles. The molecule has 1 aliphatic carbocycles. The Kier molecular flexibility index (Phi) is 6.04. The Balaban J connectivity index is 1.63. The molecule has 2 atom stereocenters. The van der Waals surface area contributed by atoms with Gasteiger partial charge in [0.05, 0.1) is 5.56 Å². The molecule has 0 bridgehead atoms. The average molecular weight is 363 g/mol. The zero-order valence-electron chi connectivity index (χ0n) is 15.5. The molecule has 0 spiro atoms. The van der Waals surface area contributed by atoms with E-state index in [2.05, 4.69) is 35.4 Å². The minimum absolute atomic E-state index is 0.193. The fraction of sp³-hybridized carbons (Fsp3) is 0.273. The summed E-state index contributed by atoms with van der Waals surface area (Å²) in [5, 5.41) is 3.49. The van der Waals surface area contributed by atoms with Crippen LogP contribution in [-0.2, 0) is 6.54 Å². The second-order valence-electron chi connectivity index (χ2n) is 6.94. The molecule has 27 heavy (non-hydrogen) atoms. The van der Waals surface area contributed by atoms with Crippen molar-refractivity contribution in [2.45, 2.75) is 26.0 Å². The molecule has 0 fully saturated rings. The van der Waals surface area contributed by atoms with Gasteiger partial charge in [0.1, 0.15) is 11.9 Å². The highest BCUT2D eigenvalue weighted by Crippen LogP contribution is 2.35. The molecule has 2 unspecified atom stereocenters. The largest absolute Gasteiger partial charge is 0.484 e. The molecular weight excluding hydrogens is 338 g/mol. The Bertz CT molecular complexity index is 832. The molecule has 1 heterocycles. The number of benzene rings is 1. The van der Waals surface area contributed by atoms with Crippen LogP contribution in [0, 0.1) is 5.41 Å². The van der Waals surface area contributed by atoms with Crippen LogP contribution in [0.4, 0.5) is 0 Å². The normalized spacial score (nSPS) is 21.1. The van der Waals surface area contributed by atoms with Gasteiger partial charge in [-0.15, -0.1) is 0 Å². The zero-order valence-corrected chi connectivity index (χ0v) is 15.5. The lowest BCUT2D eigenvalue weighted by atomic mass is 9.78. The van der Waals surface area contributed by atoms with E-state index in [1.165, 1.54) is 11.8 Å². The van der Waals surface area contributed by atoms with Crippen LogP contribution in [0.15, 0.2) is 73.1 Å². The second-order valence-corrected chi connectivity index (χ2v) is 6.94. The van der Waals surface area contributed by atoms with E-state index in [-0.39, 0.29) is 11.5 Å². The standard InChI is InChI=1S/C22H25N3O2/c1-22(12-14-25-15-17-7-3-2-4-8-17)11-6-5-9-20(22)27-19-10-13-24-16-18(19)21(23)26/h2-11,13,16,20,25H,12,14-15H2,1H3,(H2,23,26). The van der Waals surface area contributed by atoms with Crippen molar-refractivity contribution >= 4 is 5.91 Å². The number of nitrogens with two attached hydrogens (primary N) is 1. The third-order valence-corrected chi connectivity index (χ3v) is 4.84. The van der Waals surface area contributed by atoms with Gasteiger partial charge in [-0.1, -0.05) is 55.5 Å². The summed E-state index contributed by atoms with van der Waals surface area (Å²) in [6.45, 7) is 3.84. The van der Waals surface area contributed by atoms with Crippen LogP contribution in [0.3, 0.4) is 0 Å². The fourth-order valence-corrected chi connectivity index (χ4v) is 3.15. The molecule has 1 aliphatic rings. The van der Waals surface area contributed by atoms with Gasteiger partial charge in [0, 0.05) is 24.4 Å². The van der Waals surface area contributed by atoms with E-state index in [0.29, 0.717) is 11.3 Å². The molecule has 5 heteroatoms. The first-order valence-electron chi connectivity index (χ1n) is 9.10. The van der Waals surface area contributed by atoms with Gasteiger partial charge in [0.15, 0.2) is 0 Å². The number of carbonyl (C=O) groups excluding carboxylic acids is 1. The van der Waals surface area contributed by atoms with Crippen LogP contribution >= 0.6 is 0 Å². The number of ether oxygens (including phenoxy) is 1. The molecule has 3 N–H and O–H groups in total. The maximum absolute atomic E-state index is 11.6. The molecule has 0 radical (unpaired) electrons. The quantitative estimate of drug-likeness (QED) is 0.706. The smallest absolute Gasteiger partial charge is 0.254 e. The monoisotopic (exact) mass is 363 g/mol. The maximum Gasteiger partial charge on any atom is 0.254 e. The lowest BCUT2D eigenvalue weighted by Gasteiger charge is -2.35. The van der Waals surface area contributed by atoms with Crippen LogP contribution in [-0.4, -0.2) is 23.5 Å². The van der Waals surface area contributed by atoms with E-state index in [1.807, 2.05) is 36.4 Å². The lowest BCUT2D eigenvalue weighted by Crippen LogP contribution is -2.38. The minimum atomic E-state index is -0.542. The van der Waals surface area contributed by atoms with Gasteiger partial charge in [-0.25, -0.2) is 0 Å². The number of carbonyl (C=O) groups is 1. The molecular formula is C22H25N3O2. The van der Waals surface area contributed by atoms with Gasteiger partial charge >= 0.3 is 0 Å². The highest BCUT2D eigenvalue weighted by Gasteiger charge is 2.33. The molecule has 0 saturated carbocycles. The predicted octanol–water partition coefficient (Wildman–Crippen LogP) is 3.24. The summed E-state index contributed by atoms with van der Waals surface area (Å²) >= 11 is 0. The van der Waals surface area contributed by atoms with Crippen LogP contribution in [0.1, 0.15) is 29.3 Å². The number of pyridine rings is 1. The highest BCUT2D eigenvalue weighted by atomic mass is 16.5. The van der Waals surface area contributed by atoms with Crippen molar-refractivity contribution in [2.75, 3.05) is 6.54 Å². The van der Waals surface area contributed by atoms with Gasteiger partial charge in [0.25, 0.3) is 5.91 Å². The van der Waals surface area contributed by atoms with Crippen molar-refractivity contribution in [3.63, 3.8) is 0 Å². The summed E-state index contributed by atoms with van der Waals surface area (Å²) in [7, 11) is 0. The SMILES string of the molecule is CC1(CCNCc2ccccc2)C=CC=CC1Oc1ccncc1C(N)=O. The molecule has 2 aromatic rings. The molecule has 0 saturated heterocycles. The number of hydrogen-bond donors (Lipinski definition) is 2. The van der Waals surface area contributed by atoms with Crippen molar-refractivity contribution in [3.8, 4) is 5.75 Å². The number of primary amides is 1. The van der Waals surface area contributed by atoms with Gasteiger partial charge in [0.2, 0.25) is 0 Å². The summed E-state index contributed by atoms with van der Waals surface area (Å²) in [5.41, 5.74) is 6.80. The van der Waals surface area contributed by atoms with E-state index < -0.39 is 5.91 Å². The van der Waals surface area contributed by atoms with Gasteiger partial charge < -0.3 is 15.8 Å². The maximum atomic E-state index is 11.6. The summed E-state index contributed by atoms with van der Waals surface area (Å²) < 4.78 is 6.17. The topological polar surface area (TPSA) is 77.2 Å². The summed E-state index contributed by atoms with van der Waals surface area (Å²) in [6.07, 6.45) is 11.9. The average Bonchev–Trinajstić information content (AvgIpc) is 2.68. The number of allylic oxidation sites excluding steroid dienone is 2. The molecule has 1 amide bonds. The number of nitrogens with zero attached hydrogens (tertiary/aromatic N) is 1. The van der Waals surface area contributed by atoms with Crippen LogP contribution in [0.2, 0.25) is 0 Å². The third kappa shape index (κ3) is 4.83. The van der Waals surface area contributed by atoms with Crippen molar-refractivity contribution in [2.24, 2.45) is 11.1 Å². The number of amides is 1. The van der Waals surface area contributed by atoms with Crippen molar-refractivity contribution in [1.29, 1.82) is 0 Å². The number of rotatable bonds is 8. The van der Waals surface area contributed by atoms with Crippen molar-refractivity contribution in [3.05, 3.63) is 84.2 Å². The first-order valence-corrected chi connectivity index (χ1v) is 9.10. The summed E-state index contributed by atoms with van der Waals surface area (Å²) in [5.74, 6) is -0.0782. The van der Waals surface area contributed by atoms with Gasteiger partial charge in [-0.2, -0.15) is 0 Å². The highest BCUT2D eigenvalue weighted by molar-refractivity contribution is 5.95. The van der Waals surface area contributed by atoms with E-state index in [4.69, 9.17) is 10.5 Å². The summed E-state index contributed by atoms with van der Waals surface area (Å²) in [6, 6.07) is 12.0. The molecule has 5 nitrogen and oxygen atoms in total. The first-order chi connectivity index (χ1) is 13.1. The van der Waals surface area contributed by atoms with E-state index >= 15 is 0 Å². The Labute approximate surface area is 160 Å². The molecule has 1 aromatic carbocycles.